The number of aromatic nitrogens is 3. The summed E-state index contributed by atoms with van der Waals surface area (Å²) < 4.78 is 75.2. The van der Waals surface area contributed by atoms with Gasteiger partial charge in [0.2, 0.25) is 0 Å². The number of hydrogen-bond acceptors (Lipinski definition) is 4. The zero-order chi connectivity index (χ0) is 17.7. The minimum absolute atomic E-state index is 0.0974. The third-order valence-corrected chi connectivity index (χ3v) is 4.77. The Bertz CT molecular complexity index is 886. The Hall–Kier alpha value is -1.97. The Balaban J connectivity index is 2.20. The molecule has 2 aromatic rings. The van der Waals surface area contributed by atoms with Crippen molar-refractivity contribution in [3.63, 3.8) is 0 Å². The van der Waals surface area contributed by atoms with E-state index in [1.54, 1.807) is 6.92 Å². The van der Waals surface area contributed by atoms with Crippen LogP contribution in [-0.2, 0) is 22.8 Å². The molecule has 1 aromatic heterocycles. The largest absolute Gasteiger partial charge is 0.453 e. The smallest absolute Gasteiger partial charge is 0.220 e. The fraction of sp³-hybridized carbons (Fsp3) is 0.429. The molecule has 24 heavy (non-hydrogen) atoms. The van der Waals surface area contributed by atoms with Gasteiger partial charge in [0.05, 0.1) is 5.69 Å². The first-order valence-corrected chi connectivity index (χ1v) is 8.60. The molecule has 0 radical (unpaired) electrons. The molecule has 0 saturated heterocycles. The van der Waals surface area contributed by atoms with Crippen LogP contribution in [0.4, 0.5) is 17.1 Å². The van der Waals surface area contributed by atoms with Gasteiger partial charge in [0, 0.05) is 0 Å². The van der Waals surface area contributed by atoms with Crippen LogP contribution in [0.3, 0.4) is 0 Å². The Morgan fingerprint density at radius 3 is 2.42 bits per heavy atom. The molecule has 0 atom stereocenters. The third kappa shape index (κ3) is 3.14. The lowest BCUT2D eigenvalue weighted by Crippen LogP contribution is -2.10. The second kappa shape index (κ2) is 5.54. The van der Waals surface area contributed by atoms with Gasteiger partial charge in [0.1, 0.15) is 11.2 Å². The van der Waals surface area contributed by atoms with Gasteiger partial charge in [-0.1, -0.05) is 13.0 Å². The molecule has 1 aliphatic rings. The average Bonchev–Trinajstić information content (AvgIpc) is 3.20. The highest BCUT2D eigenvalue weighted by Crippen LogP contribution is 2.44. The number of rotatable bonds is 4. The van der Waals surface area contributed by atoms with Crippen molar-refractivity contribution in [1.82, 2.24) is 14.8 Å². The van der Waals surface area contributed by atoms with Gasteiger partial charge in [-0.05, 0) is 42.4 Å². The first kappa shape index (κ1) is 16.9. The van der Waals surface area contributed by atoms with Crippen molar-refractivity contribution < 1.29 is 25.5 Å². The summed E-state index contributed by atoms with van der Waals surface area (Å²) in [5.74, 6) is -1.24. The molecule has 3 rings (SSSR count). The molecule has 0 unspecified atom stereocenters. The standard InChI is InChI=1S/C14H13F4N3O2S/c1-2-8-5-10(9-3-4-9)11(6-12(8)24(18,22)23)21-7-19-13(20-21)14(15,16)17/h5-7,9H,2-4H2,1H3. The van der Waals surface area contributed by atoms with Gasteiger partial charge in [0.15, 0.2) is 0 Å². The van der Waals surface area contributed by atoms with Crippen molar-refractivity contribution >= 4 is 10.2 Å². The summed E-state index contributed by atoms with van der Waals surface area (Å²) in [4.78, 5) is 2.66. The van der Waals surface area contributed by atoms with Gasteiger partial charge >= 0.3 is 16.4 Å². The van der Waals surface area contributed by atoms with E-state index < -0.39 is 27.1 Å². The molecule has 5 nitrogen and oxygen atoms in total. The van der Waals surface area contributed by atoms with E-state index in [1.165, 1.54) is 6.07 Å². The molecule has 1 heterocycles. The lowest BCUT2D eigenvalue weighted by Gasteiger charge is -2.13. The van der Waals surface area contributed by atoms with E-state index in [-0.39, 0.29) is 18.0 Å². The monoisotopic (exact) mass is 363 g/mol. The lowest BCUT2D eigenvalue weighted by molar-refractivity contribution is -0.144. The number of aryl methyl sites for hydroxylation is 1. The van der Waals surface area contributed by atoms with Crippen molar-refractivity contribution in [2.24, 2.45) is 0 Å². The van der Waals surface area contributed by atoms with Crippen LogP contribution in [0.15, 0.2) is 23.4 Å². The summed E-state index contributed by atoms with van der Waals surface area (Å²) in [6, 6.07) is 2.57. The van der Waals surface area contributed by atoms with Gasteiger partial charge < -0.3 is 0 Å². The number of benzene rings is 1. The van der Waals surface area contributed by atoms with Crippen molar-refractivity contribution in [3.8, 4) is 5.69 Å². The average molecular weight is 363 g/mol. The van der Waals surface area contributed by atoms with Gasteiger partial charge in [-0.2, -0.15) is 21.6 Å². The van der Waals surface area contributed by atoms with Crippen molar-refractivity contribution in [2.45, 2.75) is 43.2 Å². The predicted molar refractivity (Wildman–Crippen MR) is 76.0 cm³/mol. The molecule has 0 amide bonds. The molecular weight excluding hydrogens is 350 g/mol. The Morgan fingerprint density at radius 1 is 1.29 bits per heavy atom. The van der Waals surface area contributed by atoms with Crippen molar-refractivity contribution in [2.75, 3.05) is 0 Å². The SMILES string of the molecule is CCc1cc(C2CC2)c(-n2cnc(C(F)(F)F)n2)cc1S(=O)(=O)F. The summed E-state index contributed by atoms with van der Waals surface area (Å²) >= 11 is 0. The topological polar surface area (TPSA) is 64.8 Å². The maximum atomic E-state index is 13.6. The van der Waals surface area contributed by atoms with Crippen LogP contribution in [0, 0.1) is 0 Å². The Morgan fingerprint density at radius 2 is 1.96 bits per heavy atom. The van der Waals surface area contributed by atoms with E-state index in [9.17, 15) is 25.5 Å². The minimum Gasteiger partial charge on any atom is -0.220 e. The first-order valence-electron chi connectivity index (χ1n) is 7.22. The summed E-state index contributed by atoms with van der Waals surface area (Å²) in [5, 5.41) is 3.36. The molecule has 0 N–H and O–H groups in total. The van der Waals surface area contributed by atoms with E-state index in [4.69, 9.17) is 0 Å². The van der Waals surface area contributed by atoms with Crippen LogP contribution in [0.1, 0.15) is 42.6 Å². The summed E-state index contributed by atoms with van der Waals surface area (Å²) in [5.41, 5.74) is 1.05. The summed E-state index contributed by atoms with van der Waals surface area (Å²) in [7, 11) is -5.00. The molecule has 0 bridgehead atoms. The van der Waals surface area contributed by atoms with Crippen LogP contribution < -0.4 is 0 Å². The van der Waals surface area contributed by atoms with E-state index in [1.807, 2.05) is 0 Å². The highest BCUT2D eigenvalue weighted by molar-refractivity contribution is 7.86. The van der Waals surface area contributed by atoms with Gasteiger partial charge in [0.25, 0.3) is 5.82 Å². The molecule has 0 aliphatic heterocycles. The predicted octanol–water partition coefficient (Wildman–Crippen LogP) is 3.38. The molecule has 10 heteroatoms. The molecule has 1 saturated carbocycles. The lowest BCUT2D eigenvalue weighted by atomic mass is 10.0. The molecule has 1 aromatic carbocycles. The van der Waals surface area contributed by atoms with Gasteiger partial charge in [-0.25, -0.2) is 9.67 Å². The Labute approximate surface area is 135 Å². The number of alkyl halides is 3. The van der Waals surface area contributed by atoms with Crippen LogP contribution in [-0.4, -0.2) is 23.2 Å². The van der Waals surface area contributed by atoms with Crippen molar-refractivity contribution in [3.05, 3.63) is 35.4 Å². The van der Waals surface area contributed by atoms with Crippen LogP contribution in [0.2, 0.25) is 0 Å². The zero-order valence-corrected chi connectivity index (χ0v) is 13.3. The maximum absolute atomic E-state index is 13.6. The second-order valence-corrected chi connectivity index (χ2v) is 6.91. The molecule has 1 aliphatic carbocycles. The van der Waals surface area contributed by atoms with E-state index in [2.05, 4.69) is 10.1 Å². The van der Waals surface area contributed by atoms with Crippen LogP contribution in [0.25, 0.3) is 5.69 Å². The van der Waals surface area contributed by atoms with E-state index >= 15 is 0 Å². The Kier molecular flexibility index (Phi) is 3.89. The highest BCUT2D eigenvalue weighted by Gasteiger charge is 2.37. The molecule has 0 spiro atoms. The fourth-order valence-corrected chi connectivity index (χ4v) is 3.33. The molecule has 130 valence electrons. The third-order valence-electron chi connectivity index (χ3n) is 3.86. The van der Waals surface area contributed by atoms with E-state index in [0.717, 1.165) is 29.9 Å². The van der Waals surface area contributed by atoms with Crippen LogP contribution in [0.5, 0.6) is 0 Å². The maximum Gasteiger partial charge on any atom is 0.453 e. The first-order chi connectivity index (χ1) is 11.1. The fourth-order valence-electron chi connectivity index (χ4n) is 2.56. The zero-order valence-electron chi connectivity index (χ0n) is 12.5. The van der Waals surface area contributed by atoms with Crippen LogP contribution >= 0.6 is 0 Å². The summed E-state index contributed by atoms with van der Waals surface area (Å²) in [6.45, 7) is 1.68. The van der Waals surface area contributed by atoms with E-state index in [0.29, 0.717) is 11.1 Å². The highest BCUT2D eigenvalue weighted by atomic mass is 32.3. The number of halogens is 4. The number of hydrogen-bond donors (Lipinski definition) is 0. The molecular formula is C14H13F4N3O2S. The normalized spacial score (nSPS) is 15.7. The van der Waals surface area contributed by atoms with Gasteiger partial charge in [-0.15, -0.1) is 8.98 Å². The minimum atomic E-state index is -5.00. The summed E-state index contributed by atoms with van der Waals surface area (Å²) in [6.07, 6.45) is -1.92. The quantitative estimate of drug-likeness (QED) is 0.617. The number of nitrogens with zero attached hydrogens (tertiary/aromatic N) is 3. The molecule has 1 fully saturated rings. The second-order valence-electron chi connectivity index (χ2n) is 5.59. The van der Waals surface area contributed by atoms with Gasteiger partial charge in [-0.3, -0.25) is 0 Å². The van der Waals surface area contributed by atoms with Crippen molar-refractivity contribution in [1.29, 1.82) is 0 Å².